The zero-order valence-electron chi connectivity index (χ0n) is 17.2. The lowest BCUT2D eigenvalue weighted by Crippen LogP contribution is -2.35. The molecule has 154 valence electrons. The minimum Gasteiger partial charge on any atom is -0.371 e. The van der Waals surface area contributed by atoms with Crippen molar-refractivity contribution in [2.75, 3.05) is 28.6 Å². The lowest BCUT2D eigenvalue weighted by Gasteiger charge is -2.31. The number of amides is 3. The highest BCUT2D eigenvalue weighted by Gasteiger charge is 2.20. The molecule has 2 aromatic carbocycles. The summed E-state index contributed by atoms with van der Waals surface area (Å²) in [5, 5.41) is 8.68. The van der Waals surface area contributed by atoms with Gasteiger partial charge in [0.1, 0.15) is 0 Å². The average Bonchev–Trinajstić information content (AvgIpc) is 2.74. The van der Waals surface area contributed by atoms with Crippen LogP contribution in [-0.2, 0) is 0 Å². The second kappa shape index (κ2) is 9.96. The second-order valence-electron chi connectivity index (χ2n) is 7.51. The Labute approximate surface area is 172 Å². The van der Waals surface area contributed by atoms with Gasteiger partial charge in [-0.1, -0.05) is 25.1 Å². The topological polar surface area (TPSA) is 73.5 Å². The number of carbonyl (C=O) groups is 2. The SMILES string of the molecule is CCC(C)NC(=O)c1cc(NC(=O)Nc2ccccc2)ccc1N1CCCCC1. The standard InChI is InChI=1S/C23H30N4O2/c1-3-17(2)24-22(28)20-16-19(12-13-21(20)27-14-8-5-9-15-27)26-23(29)25-18-10-6-4-7-11-18/h4,6-7,10-13,16-17H,3,5,8-9,14-15H2,1-2H3,(H,24,28)(H2,25,26,29). The van der Waals surface area contributed by atoms with E-state index >= 15 is 0 Å². The first kappa shape index (κ1) is 20.7. The molecule has 0 saturated carbocycles. The van der Waals surface area contributed by atoms with Gasteiger partial charge in [0.05, 0.1) is 5.56 Å². The van der Waals surface area contributed by atoms with Crippen molar-refractivity contribution in [2.45, 2.75) is 45.6 Å². The number of anilines is 3. The van der Waals surface area contributed by atoms with Gasteiger partial charge in [-0.25, -0.2) is 4.79 Å². The van der Waals surface area contributed by atoms with Crippen LogP contribution in [0.4, 0.5) is 21.9 Å². The molecular weight excluding hydrogens is 364 g/mol. The van der Waals surface area contributed by atoms with Crippen molar-refractivity contribution >= 4 is 29.0 Å². The van der Waals surface area contributed by atoms with E-state index in [1.165, 1.54) is 6.42 Å². The summed E-state index contributed by atoms with van der Waals surface area (Å²) in [7, 11) is 0. The Kier molecular flexibility index (Phi) is 7.11. The summed E-state index contributed by atoms with van der Waals surface area (Å²) in [6.07, 6.45) is 4.35. The first-order chi connectivity index (χ1) is 14.1. The van der Waals surface area contributed by atoms with Crippen LogP contribution in [0, 0.1) is 0 Å². The number of para-hydroxylation sites is 1. The molecule has 3 rings (SSSR count). The van der Waals surface area contributed by atoms with Crippen molar-refractivity contribution in [3.05, 3.63) is 54.1 Å². The Morgan fingerprint density at radius 3 is 2.34 bits per heavy atom. The van der Waals surface area contributed by atoms with Gasteiger partial charge in [-0.15, -0.1) is 0 Å². The van der Waals surface area contributed by atoms with E-state index in [4.69, 9.17) is 0 Å². The van der Waals surface area contributed by atoms with E-state index < -0.39 is 0 Å². The van der Waals surface area contributed by atoms with E-state index in [1.54, 1.807) is 6.07 Å². The van der Waals surface area contributed by atoms with Gasteiger partial charge < -0.3 is 20.9 Å². The Balaban J connectivity index is 1.80. The third-order valence-electron chi connectivity index (χ3n) is 5.22. The van der Waals surface area contributed by atoms with Crippen LogP contribution < -0.4 is 20.9 Å². The summed E-state index contributed by atoms with van der Waals surface area (Å²) in [4.78, 5) is 27.5. The number of rotatable bonds is 6. The summed E-state index contributed by atoms with van der Waals surface area (Å²) < 4.78 is 0. The molecule has 0 radical (unpaired) electrons. The molecule has 0 aliphatic carbocycles. The Hall–Kier alpha value is -3.02. The fourth-order valence-corrected chi connectivity index (χ4v) is 3.42. The Morgan fingerprint density at radius 2 is 1.66 bits per heavy atom. The van der Waals surface area contributed by atoms with Crippen LogP contribution in [0.5, 0.6) is 0 Å². The van der Waals surface area contributed by atoms with Crippen LogP contribution in [0.2, 0.25) is 0 Å². The van der Waals surface area contributed by atoms with E-state index in [0.29, 0.717) is 16.9 Å². The number of nitrogens with zero attached hydrogens (tertiary/aromatic N) is 1. The molecule has 0 spiro atoms. The number of urea groups is 1. The summed E-state index contributed by atoms with van der Waals surface area (Å²) in [6.45, 7) is 5.94. The van der Waals surface area contributed by atoms with Crippen molar-refractivity contribution in [2.24, 2.45) is 0 Å². The molecule has 6 heteroatoms. The molecule has 6 nitrogen and oxygen atoms in total. The van der Waals surface area contributed by atoms with Crippen molar-refractivity contribution in [3.8, 4) is 0 Å². The third-order valence-corrected chi connectivity index (χ3v) is 5.22. The second-order valence-corrected chi connectivity index (χ2v) is 7.51. The highest BCUT2D eigenvalue weighted by Crippen LogP contribution is 2.27. The lowest BCUT2D eigenvalue weighted by atomic mass is 10.1. The highest BCUT2D eigenvalue weighted by molar-refractivity contribution is 6.04. The minimum absolute atomic E-state index is 0.0923. The summed E-state index contributed by atoms with van der Waals surface area (Å²) in [5.41, 5.74) is 2.84. The lowest BCUT2D eigenvalue weighted by molar-refractivity contribution is 0.0939. The van der Waals surface area contributed by atoms with Crippen LogP contribution in [0.1, 0.15) is 49.9 Å². The van der Waals surface area contributed by atoms with Crippen LogP contribution >= 0.6 is 0 Å². The molecule has 3 amide bonds. The molecule has 1 atom stereocenters. The monoisotopic (exact) mass is 394 g/mol. The maximum absolute atomic E-state index is 12.9. The molecule has 1 saturated heterocycles. The molecule has 0 bridgehead atoms. The van der Waals surface area contributed by atoms with E-state index in [2.05, 4.69) is 20.9 Å². The molecule has 1 aliphatic heterocycles. The molecular formula is C23H30N4O2. The van der Waals surface area contributed by atoms with Crippen molar-refractivity contribution < 1.29 is 9.59 Å². The number of hydrogen-bond acceptors (Lipinski definition) is 3. The van der Waals surface area contributed by atoms with Crippen molar-refractivity contribution in [1.82, 2.24) is 5.32 Å². The predicted octanol–water partition coefficient (Wildman–Crippen LogP) is 4.85. The van der Waals surface area contributed by atoms with Crippen LogP contribution in [-0.4, -0.2) is 31.1 Å². The number of hydrogen-bond donors (Lipinski definition) is 3. The smallest absolute Gasteiger partial charge is 0.323 e. The largest absolute Gasteiger partial charge is 0.371 e. The average molecular weight is 395 g/mol. The number of piperidine rings is 1. The fourth-order valence-electron chi connectivity index (χ4n) is 3.42. The summed E-state index contributed by atoms with van der Waals surface area (Å²) >= 11 is 0. The number of carbonyl (C=O) groups excluding carboxylic acids is 2. The maximum atomic E-state index is 12.9. The minimum atomic E-state index is -0.338. The van der Waals surface area contributed by atoms with E-state index in [1.807, 2.05) is 56.3 Å². The Morgan fingerprint density at radius 1 is 0.966 bits per heavy atom. The molecule has 29 heavy (non-hydrogen) atoms. The third kappa shape index (κ3) is 5.73. The fraction of sp³-hybridized carbons (Fsp3) is 0.391. The number of benzene rings is 2. The van der Waals surface area contributed by atoms with Crippen LogP contribution in [0.15, 0.2) is 48.5 Å². The first-order valence-electron chi connectivity index (χ1n) is 10.4. The van der Waals surface area contributed by atoms with E-state index in [0.717, 1.165) is 38.0 Å². The zero-order valence-corrected chi connectivity index (χ0v) is 17.2. The van der Waals surface area contributed by atoms with Gasteiger partial charge in [-0.3, -0.25) is 4.79 Å². The molecule has 0 aromatic heterocycles. The van der Waals surface area contributed by atoms with Crippen molar-refractivity contribution in [1.29, 1.82) is 0 Å². The van der Waals surface area contributed by atoms with Gasteiger partial charge >= 0.3 is 6.03 Å². The van der Waals surface area contributed by atoms with Crippen LogP contribution in [0.3, 0.4) is 0 Å². The quantitative estimate of drug-likeness (QED) is 0.656. The predicted molar refractivity (Wildman–Crippen MR) is 119 cm³/mol. The van der Waals surface area contributed by atoms with Crippen molar-refractivity contribution in [3.63, 3.8) is 0 Å². The number of nitrogens with one attached hydrogen (secondary N) is 3. The van der Waals surface area contributed by atoms with Gasteiger partial charge in [0.15, 0.2) is 0 Å². The molecule has 1 heterocycles. The van der Waals surface area contributed by atoms with Gasteiger partial charge in [0.25, 0.3) is 5.91 Å². The summed E-state index contributed by atoms with van der Waals surface area (Å²) in [5.74, 6) is -0.105. The molecule has 1 fully saturated rings. The maximum Gasteiger partial charge on any atom is 0.323 e. The van der Waals surface area contributed by atoms with Gasteiger partial charge in [-0.2, -0.15) is 0 Å². The van der Waals surface area contributed by atoms with Gasteiger partial charge in [0.2, 0.25) is 0 Å². The molecule has 1 unspecified atom stereocenters. The zero-order chi connectivity index (χ0) is 20.6. The molecule has 1 aliphatic rings. The van der Waals surface area contributed by atoms with Gasteiger partial charge in [0, 0.05) is 36.2 Å². The van der Waals surface area contributed by atoms with Crippen LogP contribution in [0.25, 0.3) is 0 Å². The first-order valence-corrected chi connectivity index (χ1v) is 10.4. The van der Waals surface area contributed by atoms with E-state index in [9.17, 15) is 9.59 Å². The molecule has 3 N–H and O–H groups in total. The normalized spacial score (nSPS) is 14.8. The van der Waals surface area contributed by atoms with E-state index in [-0.39, 0.29) is 18.0 Å². The molecule has 2 aromatic rings. The summed E-state index contributed by atoms with van der Waals surface area (Å²) in [6, 6.07) is 14.6. The highest BCUT2D eigenvalue weighted by atomic mass is 16.2. The Bertz CT molecular complexity index is 832. The van der Waals surface area contributed by atoms with Gasteiger partial charge in [-0.05, 0) is 62.9 Å².